The van der Waals surface area contributed by atoms with Gasteiger partial charge in [0.25, 0.3) is 0 Å². The standard InChI is InChI=1S/C12H15FO/c1-3-9-14-12(4-2)10-5-7-11(13)8-6-10/h3,5-8,12H,1,4,9H2,2H3. The summed E-state index contributed by atoms with van der Waals surface area (Å²) in [4.78, 5) is 0. The summed E-state index contributed by atoms with van der Waals surface area (Å²) in [5.41, 5.74) is 1.01. The van der Waals surface area contributed by atoms with Crippen molar-refractivity contribution in [3.63, 3.8) is 0 Å². The van der Waals surface area contributed by atoms with Crippen molar-refractivity contribution in [3.05, 3.63) is 48.3 Å². The first kappa shape index (κ1) is 10.9. The van der Waals surface area contributed by atoms with Crippen molar-refractivity contribution in [3.8, 4) is 0 Å². The summed E-state index contributed by atoms with van der Waals surface area (Å²) in [7, 11) is 0. The zero-order chi connectivity index (χ0) is 10.4. The van der Waals surface area contributed by atoms with E-state index in [0.717, 1.165) is 12.0 Å². The molecule has 0 saturated carbocycles. The van der Waals surface area contributed by atoms with Crippen LogP contribution in [0.15, 0.2) is 36.9 Å². The predicted molar refractivity (Wildman–Crippen MR) is 55.6 cm³/mol. The van der Waals surface area contributed by atoms with Gasteiger partial charge in [0.2, 0.25) is 0 Å². The van der Waals surface area contributed by atoms with E-state index in [2.05, 4.69) is 6.58 Å². The molecule has 0 bridgehead atoms. The molecule has 14 heavy (non-hydrogen) atoms. The normalized spacial score (nSPS) is 12.4. The average Bonchev–Trinajstić information content (AvgIpc) is 2.21. The van der Waals surface area contributed by atoms with E-state index in [0.29, 0.717) is 6.61 Å². The molecule has 1 nitrogen and oxygen atoms in total. The van der Waals surface area contributed by atoms with E-state index < -0.39 is 0 Å². The largest absolute Gasteiger partial charge is 0.370 e. The van der Waals surface area contributed by atoms with Gasteiger partial charge in [0, 0.05) is 0 Å². The molecule has 0 aliphatic carbocycles. The summed E-state index contributed by atoms with van der Waals surface area (Å²) in [5, 5.41) is 0. The summed E-state index contributed by atoms with van der Waals surface area (Å²) in [6, 6.07) is 6.42. The highest BCUT2D eigenvalue weighted by Crippen LogP contribution is 2.20. The molecule has 0 fully saturated rings. The van der Waals surface area contributed by atoms with Crippen LogP contribution in [-0.4, -0.2) is 6.61 Å². The summed E-state index contributed by atoms with van der Waals surface area (Å²) in [6.07, 6.45) is 2.62. The third kappa shape index (κ3) is 2.96. The predicted octanol–water partition coefficient (Wildman–Crippen LogP) is 3.48. The number of rotatable bonds is 5. The second-order valence-corrected chi connectivity index (χ2v) is 3.07. The van der Waals surface area contributed by atoms with Crippen molar-refractivity contribution in [1.29, 1.82) is 0 Å². The quantitative estimate of drug-likeness (QED) is 0.652. The first-order valence-corrected chi connectivity index (χ1v) is 4.76. The maximum absolute atomic E-state index is 12.6. The number of hydrogen-bond acceptors (Lipinski definition) is 1. The Bertz CT molecular complexity index is 279. The number of halogens is 1. The lowest BCUT2D eigenvalue weighted by molar-refractivity contribution is 0.0713. The summed E-state index contributed by atoms with van der Waals surface area (Å²) < 4.78 is 18.2. The first-order valence-electron chi connectivity index (χ1n) is 4.76. The lowest BCUT2D eigenvalue weighted by atomic mass is 10.1. The maximum atomic E-state index is 12.6. The van der Waals surface area contributed by atoms with Crippen molar-refractivity contribution < 1.29 is 9.13 Å². The molecule has 1 rings (SSSR count). The molecule has 0 aliphatic heterocycles. The van der Waals surface area contributed by atoms with Gasteiger partial charge in [0.05, 0.1) is 12.7 Å². The van der Waals surface area contributed by atoms with E-state index >= 15 is 0 Å². The topological polar surface area (TPSA) is 9.23 Å². The summed E-state index contributed by atoms with van der Waals surface area (Å²) >= 11 is 0. The maximum Gasteiger partial charge on any atom is 0.123 e. The van der Waals surface area contributed by atoms with Crippen molar-refractivity contribution in [2.24, 2.45) is 0 Å². The van der Waals surface area contributed by atoms with Crippen LogP contribution < -0.4 is 0 Å². The fourth-order valence-electron chi connectivity index (χ4n) is 1.31. The summed E-state index contributed by atoms with van der Waals surface area (Å²) in [6.45, 7) is 6.15. The van der Waals surface area contributed by atoms with E-state index in [9.17, 15) is 4.39 Å². The van der Waals surface area contributed by atoms with Gasteiger partial charge < -0.3 is 4.74 Å². The molecule has 1 aromatic carbocycles. The highest BCUT2D eigenvalue weighted by Gasteiger charge is 2.08. The Morgan fingerprint density at radius 1 is 1.43 bits per heavy atom. The first-order chi connectivity index (χ1) is 6.77. The molecule has 0 amide bonds. The van der Waals surface area contributed by atoms with Crippen LogP contribution in [0.2, 0.25) is 0 Å². The van der Waals surface area contributed by atoms with Crippen LogP contribution in [0, 0.1) is 5.82 Å². The molecule has 0 spiro atoms. The fourth-order valence-corrected chi connectivity index (χ4v) is 1.31. The molecule has 0 aliphatic rings. The minimum absolute atomic E-state index is 0.0357. The molecule has 1 unspecified atom stereocenters. The Morgan fingerprint density at radius 2 is 2.07 bits per heavy atom. The van der Waals surface area contributed by atoms with Crippen LogP contribution >= 0.6 is 0 Å². The Labute approximate surface area is 84.2 Å². The zero-order valence-corrected chi connectivity index (χ0v) is 8.37. The molecule has 0 heterocycles. The molecule has 0 saturated heterocycles. The van der Waals surface area contributed by atoms with Gasteiger partial charge in [-0.05, 0) is 24.1 Å². The fraction of sp³-hybridized carbons (Fsp3) is 0.333. The third-order valence-corrected chi connectivity index (χ3v) is 2.03. The lowest BCUT2D eigenvalue weighted by Crippen LogP contribution is -2.03. The third-order valence-electron chi connectivity index (χ3n) is 2.03. The van der Waals surface area contributed by atoms with Gasteiger partial charge in [-0.3, -0.25) is 0 Å². The molecule has 0 N–H and O–H groups in total. The minimum atomic E-state index is -0.215. The monoisotopic (exact) mass is 194 g/mol. The molecule has 0 radical (unpaired) electrons. The summed E-state index contributed by atoms with van der Waals surface area (Å²) in [5.74, 6) is -0.215. The highest BCUT2D eigenvalue weighted by molar-refractivity contribution is 5.18. The van der Waals surface area contributed by atoms with Crippen molar-refractivity contribution in [2.75, 3.05) is 6.61 Å². The van der Waals surface area contributed by atoms with Gasteiger partial charge in [0.1, 0.15) is 5.82 Å². The van der Waals surface area contributed by atoms with Crippen LogP contribution in [0.1, 0.15) is 25.0 Å². The van der Waals surface area contributed by atoms with Crippen LogP contribution in [0.3, 0.4) is 0 Å². The lowest BCUT2D eigenvalue weighted by Gasteiger charge is -2.15. The molecular formula is C12H15FO. The zero-order valence-electron chi connectivity index (χ0n) is 8.37. The Balaban J connectivity index is 2.68. The SMILES string of the molecule is C=CCOC(CC)c1ccc(F)cc1. The van der Waals surface area contributed by atoms with Gasteiger partial charge in [-0.1, -0.05) is 25.1 Å². The van der Waals surface area contributed by atoms with E-state index in [4.69, 9.17) is 4.74 Å². The molecule has 76 valence electrons. The van der Waals surface area contributed by atoms with Gasteiger partial charge in [-0.2, -0.15) is 0 Å². The Morgan fingerprint density at radius 3 is 2.57 bits per heavy atom. The molecule has 1 atom stereocenters. The molecule has 0 aromatic heterocycles. The average molecular weight is 194 g/mol. The van der Waals surface area contributed by atoms with E-state index in [1.165, 1.54) is 12.1 Å². The van der Waals surface area contributed by atoms with Gasteiger partial charge in [-0.25, -0.2) is 4.39 Å². The van der Waals surface area contributed by atoms with Crippen LogP contribution in [-0.2, 0) is 4.74 Å². The van der Waals surface area contributed by atoms with Crippen LogP contribution in [0.5, 0.6) is 0 Å². The van der Waals surface area contributed by atoms with Crippen molar-refractivity contribution in [1.82, 2.24) is 0 Å². The molecular weight excluding hydrogens is 179 g/mol. The van der Waals surface area contributed by atoms with E-state index in [1.54, 1.807) is 18.2 Å². The van der Waals surface area contributed by atoms with Crippen molar-refractivity contribution in [2.45, 2.75) is 19.4 Å². The van der Waals surface area contributed by atoms with E-state index in [1.807, 2.05) is 6.92 Å². The van der Waals surface area contributed by atoms with Crippen LogP contribution in [0.25, 0.3) is 0 Å². The Hall–Kier alpha value is -1.15. The van der Waals surface area contributed by atoms with E-state index in [-0.39, 0.29) is 11.9 Å². The minimum Gasteiger partial charge on any atom is -0.370 e. The smallest absolute Gasteiger partial charge is 0.123 e. The highest BCUT2D eigenvalue weighted by atomic mass is 19.1. The van der Waals surface area contributed by atoms with Gasteiger partial charge in [0.15, 0.2) is 0 Å². The number of ether oxygens (including phenoxy) is 1. The van der Waals surface area contributed by atoms with Gasteiger partial charge in [-0.15, -0.1) is 6.58 Å². The molecule has 2 heteroatoms. The van der Waals surface area contributed by atoms with Crippen LogP contribution in [0.4, 0.5) is 4.39 Å². The van der Waals surface area contributed by atoms with Crippen molar-refractivity contribution >= 4 is 0 Å². The second-order valence-electron chi connectivity index (χ2n) is 3.07. The van der Waals surface area contributed by atoms with Gasteiger partial charge >= 0.3 is 0 Å². The number of benzene rings is 1. The Kier molecular flexibility index (Phi) is 4.33. The second kappa shape index (κ2) is 5.55. The molecule has 1 aromatic rings. The number of hydrogen-bond donors (Lipinski definition) is 0.